The SMILES string of the molecule is COc1cccc(C2(NC(=O)c3cccc(N4CCCCS4(=O)=O)c3)CCCC2)c1. The van der Waals surface area contributed by atoms with Crippen LogP contribution in [0, 0.1) is 0 Å². The van der Waals surface area contributed by atoms with Crippen molar-refractivity contribution in [2.24, 2.45) is 0 Å². The second kappa shape index (κ2) is 8.30. The lowest BCUT2D eigenvalue weighted by Gasteiger charge is -2.32. The van der Waals surface area contributed by atoms with Crippen molar-refractivity contribution in [3.8, 4) is 5.75 Å². The number of nitrogens with zero attached hydrogens (tertiary/aromatic N) is 1. The van der Waals surface area contributed by atoms with Crippen molar-refractivity contribution in [3.63, 3.8) is 0 Å². The van der Waals surface area contributed by atoms with Gasteiger partial charge in [-0.25, -0.2) is 8.42 Å². The van der Waals surface area contributed by atoms with Crippen LogP contribution in [0.3, 0.4) is 0 Å². The fourth-order valence-electron chi connectivity index (χ4n) is 4.56. The van der Waals surface area contributed by atoms with Crippen molar-refractivity contribution < 1.29 is 17.9 Å². The normalized spacial score (nSPS) is 20.0. The summed E-state index contributed by atoms with van der Waals surface area (Å²) in [6, 6.07) is 14.8. The molecule has 0 atom stereocenters. The van der Waals surface area contributed by atoms with Crippen molar-refractivity contribution in [2.75, 3.05) is 23.7 Å². The standard InChI is InChI=1S/C23H28N2O4S/c1-29-21-11-7-9-19(17-21)23(12-2-3-13-23)24-22(26)18-8-6-10-20(16-18)25-14-4-5-15-30(25,27)28/h6-11,16-17H,2-5,12-15H2,1H3,(H,24,26). The van der Waals surface area contributed by atoms with E-state index in [-0.39, 0.29) is 11.7 Å². The number of sulfonamides is 1. The summed E-state index contributed by atoms with van der Waals surface area (Å²) < 4.78 is 31.7. The number of methoxy groups -OCH3 is 1. The van der Waals surface area contributed by atoms with Crippen LogP contribution in [-0.2, 0) is 15.6 Å². The number of amides is 1. The molecule has 1 amide bonds. The molecule has 2 aliphatic rings. The Morgan fingerprint density at radius 3 is 2.53 bits per heavy atom. The van der Waals surface area contributed by atoms with Gasteiger partial charge in [-0.05, 0) is 61.6 Å². The van der Waals surface area contributed by atoms with Gasteiger partial charge >= 0.3 is 0 Å². The van der Waals surface area contributed by atoms with E-state index in [1.807, 2.05) is 24.3 Å². The van der Waals surface area contributed by atoms with E-state index in [2.05, 4.69) is 5.32 Å². The van der Waals surface area contributed by atoms with Gasteiger partial charge in [-0.2, -0.15) is 0 Å². The van der Waals surface area contributed by atoms with Crippen molar-refractivity contribution in [1.29, 1.82) is 0 Å². The lowest BCUT2D eigenvalue weighted by Crippen LogP contribution is -2.44. The highest BCUT2D eigenvalue weighted by Gasteiger charge is 2.37. The van der Waals surface area contributed by atoms with Gasteiger partial charge in [-0.3, -0.25) is 9.10 Å². The largest absolute Gasteiger partial charge is 0.497 e. The van der Waals surface area contributed by atoms with E-state index in [1.54, 1.807) is 31.4 Å². The maximum absolute atomic E-state index is 13.2. The minimum absolute atomic E-state index is 0.155. The summed E-state index contributed by atoms with van der Waals surface area (Å²) in [5, 5.41) is 3.26. The Morgan fingerprint density at radius 2 is 1.80 bits per heavy atom. The Bertz CT molecular complexity index is 1030. The zero-order valence-electron chi connectivity index (χ0n) is 17.3. The molecule has 4 rings (SSSR count). The molecule has 1 aliphatic carbocycles. The third-order valence-electron chi connectivity index (χ3n) is 6.18. The van der Waals surface area contributed by atoms with Gasteiger partial charge in [-0.15, -0.1) is 0 Å². The molecule has 160 valence electrons. The first-order valence-corrected chi connectivity index (χ1v) is 12.1. The lowest BCUT2D eigenvalue weighted by atomic mass is 9.87. The number of rotatable bonds is 5. The molecular weight excluding hydrogens is 400 g/mol. The number of ether oxygens (including phenoxy) is 1. The topological polar surface area (TPSA) is 75.7 Å². The molecule has 1 N–H and O–H groups in total. The third kappa shape index (κ3) is 4.03. The molecule has 0 spiro atoms. The average Bonchev–Trinajstić information content (AvgIpc) is 3.23. The number of benzene rings is 2. The van der Waals surface area contributed by atoms with Crippen LogP contribution in [-0.4, -0.2) is 33.7 Å². The first kappa shape index (κ1) is 20.7. The van der Waals surface area contributed by atoms with Gasteiger partial charge in [0.25, 0.3) is 5.91 Å². The Kier molecular flexibility index (Phi) is 5.73. The second-order valence-corrected chi connectivity index (χ2v) is 10.1. The molecule has 0 aromatic heterocycles. The van der Waals surface area contributed by atoms with E-state index in [1.165, 1.54) is 4.31 Å². The van der Waals surface area contributed by atoms with E-state index in [4.69, 9.17) is 4.74 Å². The molecular formula is C23H28N2O4S. The molecule has 2 fully saturated rings. The van der Waals surface area contributed by atoms with E-state index in [0.29, 0.717) is 24.2 Å². The summed E-state index contributed by atoms with van der Waals surface area (Å²) in [6.07, 6.45) is 5.34. The molecule has 0 bridgehead atoms. The molecule has 2 aromatic carbocycles. The summed E-state index contributed by atoms with van der Waals surface area (Å²) in [6.45, 7) is 0.459. The van der Waals surface area contributed by atoms with Crippen LogP contribution in [0.1, 0.15) is 54.4 Å². The highest BCUT2D eigenvalue weighted by molar-refractivity contribution is 7.92. The fraction of sp³-hybridized carbons (Fsp3) is 0.435. The smallest absolute Gasteiger partial charge is 0.252 e. The average molecular weight is 429 g/mol. The Balaban J connectivity index is 1.61. The van der Waals surface area contributed by atoms with Crippen molar-refractivity contribution >= 4 is 21.6 Å². The maximum atomic E-state index is 13.2. The summed E-state index contributed by atoms with van der Waals surface area (Å²) in [5.41, 5.74) is 1.65. The highest BCUT2D eigenvalue weighted by atomic mass is 32.2. The summed E-state index contributed by atoms with van der Waals surface area (Å²) in [5.74, 6) is 0.740. The number of carbonyl (C=O) groups excluding carboxylic acids is 1. The van der Waals surface area contributed by atoms with Gasteiger partial charge in [-0.1, -0.05) is 31.0 Å². The molecule has 6 nitrogen and oxygen atoms in total. The molecule has 7 heteroatoms. The van der Waals surface area contributed by atoms with Gasteiger partial charge in [0, 0.05) is 12.1 Å². The molecule has 1 saturated heterocycles. The van der Waals surface area contributed by atoms with Crippen molar-refractivity contribution in [2.45, 2.75) is 44.1 Å². The molecule has 0 radical (unpaired) electrons. The molecule has 1 saturated carbocycles. The van der Waals surface area contributed by atoms with Gasteiger partial charge in [0.05, 0.1) is 24.1 Å². The number of hydrogen-bond donors (Lipinski definition) is 1. The second-order valence-electron chi connectivity index (χ2n) is 8.12. The zero-order chi connectivity index (χ0) is 21.2. The number of hydrogen-bond acceptors (Lipinski definition) is 4. The van der Waals surface area contributed by atoms with Crippen LogP contribution < -0.4 is 14.4 Å². The Morgan fingerprint density at radius 1 is 1.03 bits per heavy atom. The van der Waals surface area contributed by atoms with Gasteiger partial charge in [0.15, 0.2) is 0 Å². The van der Waals surface area contributed by atoms with Crippen LogP contribution >= 0.6 is 0 Å². The summed E-state index contributed by atoms with van der Waals surface area (Å²) in [4.78, 5) is 13.2. The lowest BCUT2D eigenvalue weighted by molar-refractivity contribution is 0.0898. The molecule has 30 heavy (non-hydrogen) atoms. The highest BCUT2D eigenvalue weighted by Crippen LogP contribution is 2.40. The summed E-state index contributed by atoms with van der Waals surface area (Å²) >= 11 is 0. The van der Waals surface area contributed by atoms with E-state index in [9.17, 15) is 13.2 Å². The Labute approximate surface area is 178 Å². The van der Waals surface area contributed by atoms with Crippen molar-refractivity contribution in [3.05, 3.63) is 59.7 Å². The third-order valence-corrected chi connectivity index (χ3v) is 8.05. The predicted octanol–water partition coefficient (Wildman–Crippen LogP) is 3.82. The van der Waals surface area contributed by atoms with Crippen LogP contribution in [0.2, 0.25) is 0 Å². The predicted molar refractivity (Wildman–Crippen MR) is 117 cm³/mol. The van der Waals surface area contributed by atoms with Gasteiger partial charge in [0.2, 0.25) is 10.0 Å². The zero-order valence-corrected chi connectivity index (χ0v) is 18.1. The number of nitrogens with one attached hydrogen (secondary N) is 1. The number of anilines is 1. The van der Waals surface area contributed by atoms with Crippen LogP contribution in [0.5, 0.6) is 5.75 Å². The van der Waals surface area contributed by atoms with Gasteiger partial charge < -0.3 is 10.1 Å². The molecule has 1 aliphatic heterocycles. The number of carbonyl (C=O) groups is 1. The summed E-state index contributed by atoms with van der Waals surface area (Å²) in [7, 11) is -1.68. The quantitative estimate of drug-likeness (QED) is 0.785. The van der Waals surface area contributed by atoms with E-state index in [0.717, 1.165) is 43.4 Å². The molecule has 2 aromatic rings. The maximum Gasteiger partial charge on any atom is 0.252 e. The van der Waals surface area contributed by atoms with Gasteiger partial charge in [0.1, 0.15) is 5.75 Å². The van der Waals surface area contributed by atoms with Crippen molar-refractivity contribution in [1.82, 2.24) is 5.32 Å². The van der Waals surface area contributed by atoms with Crippen LogP contribution in [0.25, 0.3) is 0 Å². The molecule has 0 unspecified atom stereocenters. The van der Waals surface area contributed by atoms with Crippen LogP contribution in [0.4, 0.5) is 5.69 Å². The first-order valence-electron chi connectivity index (χ1n) is 10.5. The van der Waals surface area contributed by atoms with Crippen LogP contribution in [0.15, 0.2) is 48.5 Å². The van der Waals surface area contributed by atoms with E-state index >= 15 is 0 Å². The van der Waals surface area contributed by atoms with E-state index < -0.39 is 15.6 Å². The minimum Gasteiger partial charge on any atom is -0.497 e. The molecule has 1 heterocycles. The minimum atomic E-state index is -3.32. The Hall–Kier alpha value is -2.54. The first-order chi connectivity index (χ1) is 14.4. The monoisotopic (exact) mass is 428 g/mol. The fourth-order valence-corrected chi connectivity index (χ4v) is 6.19.